The summed E-state index contributed by atoms with van der Waals surface area (Å²) in [6.07, 6.45) is 4.59. The Labute approximate surface area is 201 Å². The fraction of sp³-hybridized carbons (Fsp3) is 0.481. The maximum atomic E-state index is 13.9. The van der Waals surface area contributed by atoms with Gasteiger partial charge in [0.25, 0.3) is 0 Å². The maximum absolute atomic E-state index is 13.9. The van der Waals surface area contributed by atoms with Gasteiger partial charge in [-0.05, 0) is 75.3 Å². The van der Waals surface area contributed by atoms with Gasteiger partial charge >= 0.3 is 0 Å². The molecule has 0 spiro atoms. The first kappa shape index (κ1) is 24.4. The Morgan fingerprint density at radius 1 is 1.00 bits per heavy atom. The average molecular weight is 483 g/mol. The molecule has 0 radical (unpaired) electrons. The third kappa shape index (κ3) is 5.17. The molecule has 0 saturated heterocycles. The lowest BCUT2D eigenvalue weighted by molar-refractivity contribution is -0.139. The molecule has 0 N–H and O–H groups in total. The zero-order valence-electron chi connectivity index (χ0n) is 19.5. The molecule has 5 nitrogen and oxygen atoms in total. The highest BCUT2D eigenvalue weighted by molar-refractivity contribution is 7.92. The molecular formula is C27H31FN2O3S. The minimum Gasteiger partial charge on any atom is -0.335 e. The van der Waals surface area contributed by atoms with Gasteiger partial charge in [-0.2, -0.15) is 5.26 Å². The summed E-state index contributed by atoms with van der Waals surface area (Å²) in [6.45, 7) is 2.22. The molecular weight excluding hydrogens is 451 g/mol. The number of hydrogen-bond donors (Lipinski definition) is 0. The van der Waals surface area contributed by atoms with Gasteiger partial charge in [0.05, 0.1) is 22.1 Å². The van der Waals surface area contributed by atoms with Gasteiger partial charge in [-0.1, -0.05) is 36.2 Å². The van der Waals surface area contributed by atoms with E-state index in [1.54, 1.807) is 36.4 Å². The van der Waals surface area contributed by atoms with Crippen LogP contribution in [0.4, 0.5) is 4.39 Å². The van der Waals surface area contributed by atoms with Crippen molar-refractivity contribution in [3.8, 4) is 6.07 Å². The van der Waals surface area contributed by atoms with E-state index in [2.05, 4.69) is 6.07 Å². The summed E-state index contributed by atoms with van der Waals surface area (Å²) in [5, 5.41) is 8.53. The highest BCUT2D eigenvalue weighted by Gasteiger charge is 2.45. The van der Waals surface area contributed by atoms with E-state index in [-0.39, 0.29) is 28.6 Å². The van der Waals surface area contributed by atoms with Gasteiger partial charge in [0.2, 0.25) is 5.91 Å². The molecule has 2 aliphatic carbocycles. The summed E-state index contributed by atoms with van der Waals surface area (Å²) in [4.78, 5) is 16.0. The lowest BCUT2D eigenvalue weighted by Crippen LogP contribution is -2.47. The van der Waals surface area contributed by atoms with Crippen LogP contribution in [0.2, 0.25) is 0 Å². The van der Waals surface area contributed by atoms with Crippen molar-refractivity contribution in [3.63, 3.8) is 0 Å². The molecule has 1 amide bonds. The number of halogens is 1. The Morgan fingerprint density at radius 2 is 1.65 bits per heavy atom. The van der Waals surface area contributed by atoms with Gasteiger partial charge in [-0.3, -0.25) is 4.79 Å². The molecule has 2 aromatic rings. The molecule has 2 saturated carbocycles. The molecule has 0 heterocycles. The SMILES string of the molecule is Cc1ccc(S(=O)(=O)[C@@H]2CCC[C@H]2C(=O)N(Cc2ccc(F)cc2)C2CCC(C#N)CC2)cc1. The monoisotopic (exact) mass is 482 g/mol. The van der Waals surface area contributed by atoms with Crippen molar-refractivity contribution in [3.05, 3.63) is 65.5 Å². The number of rotatable bonds is 6. The predicted octanol–water partition coefficient (Wildman–Crippen LogP) is 5.19. The number of amides is 1. The maximum Gasteiger partial charge on any atom is 0.227 e. The van der Waals surface area contributed by atoms with E-state index in [1.807, 2.05) is 11.8 Å². The molecule has 2 fully saturated rings. The van der Waals surface area contributed by atoms with Gasteiger partial charge < -0.3 is 4.90 Å². The van der Waals surface area contributed by atoms with Gasteiger partial charge in [-0.25, -0.2) is 12.8 Å². The number of carbonyl (C=O) groups is 1. The Bertz CT molecular complexity index is 1150. The largest absolute Gasteiger partial charge is 0.335 e. The standard InChI is InChI=1S/C27H31FN2O3S/c1-19-5-15-24(16-6-19)34(32,33)26-4-2-3-25(26)27(31)30(18-21-7-11-22(28)12-8-21)23-13-9-20(17-29)10-14-23/h5-8,11-12,15-16,20,23,25-26H,2-4,9-10,13-14,18H2,1H3/t20?,23?,25-,26-/m1/s1. The van der Waals surface area contributed by atoms with Gasteiger partial charge in [-0.15, -0.1) is 0 Å². The Hall–Kier alpha value is -2.72. The van der Waals surface area contributed by atoms with Crippen LogP contribution in [0.15, 0.2) is 53.4 Å². The van der Waals surface area contributed by atoms with Crippen LogP contribution in [0.5, 0.6) is 0 Å². The predicted molar refractivity (Wildman–Crippen MR) is 128 cm³/mol. The van der Waals surface area contributed by atoms with Gasteiger partial charge in [0.15, 0.2) is 9.84 Å². The van der Waals surface area contributed by atoms with Crippen LogP contribution in [0, 0.1) is 35.9 Å². The second-order valence-electron chi connectivity index (χ2n) is 9.66. The van der Waals surface area contributed by atoms with E-state index in [0.29, 0.717) is 38.6 Å². The van der Waals surface area contributed by atoms with Crippen LogP contribution in [0.3, 0.4) is 0 Å². The number of aryl methyl sites for hydroxylation is 1. The highest BCUT2D eigenvalue weighted by Crippen LogP contribution is 2.38. The van der Waals surface area contributed by atoms with Gasteiger partial charge in [0.1, 0.15) is 5.82 Å². The van der Waals surface area contributed by atoms with E-state index in [9.17, 15) is 22.9 Å². The van der Waals surface area contributed by atoms with Crippen molar-refractivity contribution < 1.29 is 17.6 Å². The zero-order valence-corrected chi connectivity index (χ0v) is 20.3. The summed E-state index contributed by atoms with van der Waals surface area (Å²) < 4.78 is 40.4. The number of benzene rings is 2. The Balaban J connectivity index is 1.61. The van der Waals surface area contributed by atoms with Crippen molar-refractivity contribution in [2.24, 2.45) is 11.8 Å². The molecule has 4 rings (SSSR count). The summed E-state index contributed by atoms with van der Waals surface area (Å²) in [5.74, 6) is -1.07. The zero-order chi connectivity index (χ0) is 24.3. The normalized spacial score (nSPS) is 25.0. The summed E-state index contributed by atoms with van der Waals surface area (Å²) in [5.41, 5.74) is 1.80. The molecule has 0 bridgehead atoms. The molecule has 2 aliphatic rings. The molecule has 180 valence electrons. The lowest BCUT2D eigenvalue weighted by Gasteiger charge is -2.38. The first-order valence-electron chi connectivity index (χ1n) is 12.0. The lowest BCUT2D eigenvalue weighted by atomic mass is 9.85. The third-order valence-electron chi connectivity index (χ3n) is 7.39. The van der Waals surface area contributed by atoms with Crippen LogP contribution in [-0.4, -0.2) is 30.5 Å². The molecule has 2 atom stereocenters. The second-order valence-corrected chi connectivity index (χ2v) is 11.8. The van der Waals surface area contributed by atoms with E-state index in [0.717, 1.165) is 24.0 Å². The molecule has 0 aromatic heterocycles. The third-order valence-corrected chi connectivity index (χ3v) is 9.68. The highest BCUT2D eigenvalue weighted by atomic mass is 32.2. The molecule has 34 heavy (non-hydrogen) atoms. The number of hydrogen-bond acceptors (Lipinski definition) is 4. The molecule has 7 heteroatoms. The Kier molecular flexibility index (Phi) is 7.37. The summed E-state index contributed by atoms with van der Waals surface area (Å²) in [6, 6.07) is 15.2. The van der Waals surface area contributed by atoms with E-state index in [4.69, 9.17) is 0 Å². The number of sulfone groups is 1. The minimum absolute atomic E-state index is 0.000155. The average Bonchev–Trinajstić information content (AvgIpc) is 3.35. The van der Waals surface area contributed by atoms with Crippen molar-refractivity contribution >= 4 is 15.7 Å². The second kappa shape index (κ2) is 10.3. The van der Waals surface area contributed by atoms with E-state index in [1.165, 1.54) is 12.1 Å². The minimum atomic E-state index is -3.65. The summed E-state index contributed by atoms with van der Waals surface area (Å²) in [7, 11) is -3.65. The first-order chi connectivity index (χ1) is 16.3. The van der Waals surface area contributed by atoms with Crippen molar-refractivity contribution in [1.29, 1.82) is 5.26 Å². The van der Waals surface area contributed by atoms with Crippen molar-refractivity contribution in [2.75, 3.05) is 0 Å². The number of carbonyl (C=O) groups excluding carboxylic acids is 1. The first-order valence-corrected chi connectivity index (χ1v) is 13.6. The van der Waals surface area contributed by atoms with Crippen LogP contribution in [0.1, 0.15) is 56.1 Å². The van der Waals surface area contributed by atoms with Crippen molar-refractivity contribution in [1.82, 2.24) is 4.90 Å². The fourth-order valence-electron chi connectivity index (χ4n) is 5.39. The van der Waals surface area contributed by atoms with Crippen LogP contribution in [0.25, 0.3) is 0 Å². The Morgan fingerprint density at radius 3 is 2.26 bits per heavy atom. The van der Waals surface area contributed by atoms with E-state index < -0.39 is 21.0 Å². The topological polar surface area (TPSA) is 78.2 Å². The van der Waals surface area contributed by atoms with Crippen molar-refractivity contribution in [2.45, 2.75) is 74.6 Å². The number of nitriles is 1. The summed E-state index contributed by atoms with van der Waals surface area (Å²) >= 11 is 0. The quantitative estimate of drug-likeness (QED) is 0.568. The van der Waals surface area contributed by atoms with Crippen LogP contribution >= 0.6 is 0 Å². The van der Waals surface area contributed by atoms with Crippen LogP contribution < -0.4 is 0 Å². The van der Waals surface area contributed by atoms with E-state index >= 15 is 0 Å². The van der Waals surface area contributed by atoms with Crippen LogP contribution in [-0.2, 0) is 21.2 Å². The fourth-order valence-corrected chi connectivity index (χ4v) is 7.41. The van der Waals surface area contributed by atoms with Gasteiger partial charge in [0, 0.05) is 18.5 Å². The molecule has 2 aromatic carbocycles. The molecule has 0 unspecified atom stereocenters. The smallest absolute Gasteiger partial charge is 0.227 e. The molecule has 0 aliphatic heterocycles. The number of nitrogens with zero attached hydrogens (tertiary/aromatic N) is 2.